The van der Waals surface area contributed by atoms with E-state index in [9.17, 15) is 4.79 Å². The number of benzene rings is 1. The normalized spacial score (nSPS) is 25.0. The number of likely N-dealkylation sites (tertiary alicyclic amines) is 1. The van der Waals surface area contributed by atoms with Crippen molar-refractivity contribution in [3.05, 3.63) is 47.9 Å². The van der Waals surface area contributed by atoms with Crippen LogP contribution in [0.15, 0.2) is 36.7 Å². The predicted molar refractivity (Wildman–Crippen MR) is 162 cm³/mol. The van der Waals surface area contributed by atoms with Crippen LogP contribution in [0.1, 0.15) is 87.2 Å². The van der Waals surface area contributed by atoms with Gasteiger partial charge in [0.15, 0.2) is 11.6 Å². The van der Waals surface area contributed by atoms with E-state index in [-0.39, 0.29) is 11.8 Å². The van der Waals surface area contributed by atoms with E-state index in [1.807, 2.05) is 6.92 Å². The molecule has 1 aliphatic carbocycles. The van der Waals surface area contributed by atoms with E-state index in [2.05, 4.69) is 74.7 Å². The van der Waals surface area contributed by atoms with Crippen LogP contribution in [0.2, 0.25) is 0 Å². The summed E-state index contributed by atoms with van der Waals surface area (Å²) < 4.78 is 0. The molecule has 216 valence electrons. The molecule has 0 radical (unpaired) electrons. The van der Waals surface area contributed by atoms with Gasteiger partial charge in [-0.05, 0) is 88.6 Å². The summed E-state index contributed by atoms with van der Waals surface area (Å²) in [4.78, 5) is 31.2. The van der Waals surface area contributed by atoms with Crippen LogP contribution in [-0.4, -0.2) is 88.3 Å². The highest BCUT2D eigenvalue weighted by Crippen LogP contribution is 2.36. The highest BCUT2D eigenvalue weighted by Gasteiger charge is 2.36. The molecule has 2 aromatic rings. The second kappa shape index (κ2) is 11.5. The number of carbonyl (C=O) groups is 1. The number of aromatic nitrogens is 2. The Morgan fingerprint density at radius 1 is 1.00 bits per heavy atom. The van der Waals surface area contributed by atoms with Crippen LogP contribution in [0.25, 0.3) is 0 Å². The third-order valence-electron chi connectivity index (χ3n) is 9.81. The fraction of sp³-hybridized carbons (Fsp3) is 0.625. The van der Waals surface area contributed by atoms with Crippen molar-refractivity contribution in [2.24, 2.45) is 0 Å². The van der Waals surface area contributed by atoms with Gasteiger partial charge in [-0.15, -0.1) is 0 Å². The number of ketones is 1. The maximum absolute atomic E-state index is 13.0. The van der Waals surface area contributed by atoms with Crippen LogP contribution in [0.4, 0.5) is 17.5 Å². The Bertz CT molecular complexity index is 1190. The highest BCUT2D eigenvalue weighted by molar-refractivity contribution is 5.99. The molecule has 2 N–H and O–H groups in total. The zero-order valence-electron chi connectivity index (χ0n) is 24.7. The van der Waals surface area contributed by atoms with Gasteiger partial charge in [-0.1, -0.05) is 25.6 Å². The fourth-order valence-corrected chi connectivity index (χ4v) is 7.13. The number of imidazole rings is 1. The van der Waals surface area contributed by atoms with E-state index in [1.165, 1.54) is 44.3 Å². The molecule has 0 amide bonds. The van der Waals surface area contributed by atoms with Gasteiger partial charge < -0.3 is 29.9 Å². The molecule has 1 aromatic carbocycles. The van der Waals surface area contributed by atoms with Gasteiger partial charge >= 0.3 is 0 Å². The van der Waals surface area contributed by atoms with E-state index in [0.29, 0.717) is 29.9 Å². The molecule has 0 unspecified atom stereocenters. The molecule has 8 heteroatoms. The fourth-order valence-electron chi connectivity index (χ4n) is 7.13. The molecule has 3 aliphatic heterocycles. The first-order valence-electron chi connectivity index (χ1n) is 15.6. The van der Waals surface area contributed by atoms with Crippen molar-refractivity contribution in [2.45, 2.75) is 89.3 Å². The average molecular weight is 546 g/mol. The Morgan fingerprint density at radius 2 is 1.73 bits per heavy atom. The quantitative estimate of drug-likeness (QED) is 0.421. The van der Waals surface area contributed by atoms with Gasteiger partial charge in [-0.25, -0.2) is 0 Å². The maximum atomic E-state index is 13.0. The van der Waals surface area contributed by atoms with Crippen molar-refractivity contribution in [1.29, 1.82) is 0 Å². The van der Waals surface area contributed by atoms with Crippen LogP contribution in [0.3, 0.4) is 0 Å². The largest absolute Gasteiger partial charge is 0.362 e. The summed E-state index contributed by atoms with van der Waals surface area (Å²) in [6.07, 6.45) is 9.10. The number of H-pyrrole nitrogens is 1. The van der Waals surface area contributed by atoms with Crippen LogP contribution in [0, 0.1) is 0 Å². The number of Topliss-reactive ketones (excluding diaryl/α,β-unsaturated/α-hetero) is 1. The molecule has 1 saturated carbocycles. The predicted octanol–water partition coefficient (Wildman–Crippen LogP) is 5.55. The minimum atomic E-state index is 0.0764. The number of carbonyl (C=O) groups excluding carboxylic acids is 1. The van der Waals surface area contributed by atoms with E-state index in [4.69, 9.17) is 4.98 Å². The molecule has 1 aromatic heterocycles. The van der Waals surface area contributed by atoms with Crippen molar-refractivity contribution in [1.82, 2.24) is 24.7 Å². The third kappa shape index (κ3) is 5.47. The molecular formula is C32H47N7O. The van der Waals surface area contributed by atoms with Crippen molar-refractivity contribution >= 4 is 23.2 Å². The minimum absolute atomic E-state index is 0.0764. The van der Waals surface area contributed by atoms with Gasteiger partial charge in [0, 0.05) is 50.9 Å². The first-order chi connectivity index (χ1) is 19.4. The van der Waals surface area contributed by atoms with Crippen LogP contribution >= 0.6 is 0 Å². The molecule has 4 aliphatic rings. The molecule has 40 heavy (non-hydrogen) atoms. The number of hydrogen-bond donors (Lipinski definition) is 2. The van der Waals surface area contributed by atoms with Gasteiger partial charge in [-0.3, -0.25) is 4.79 Å². The molecule has 4 heterocycles. The van der Waals surface area contributed by atoms with Gasteiger partial charge in [0.1, 0.15) is 5.69 Å². The number of piperidine rings is 2. The van der Waals surface area contributed by atoms with Gasteiger partial charge in [0.2, 0.25) is 5.95 Å². The molecule has 3 saturated heterocycles. The molecule has 4 fully saturated rings. The summed E-state index contributed by atoms with van der Waals surface area (Å²) in [5, 5.41) is 3.48. The Balaban J connectivity index is 1.17. The number of rotatable bonds is 8. The lowest BCUT2D eigenvalue weighted by Gasteiger charge is -2.49. The zero-order valence-corrected chi connectivity index (χ0v) is 24.7. The molecule has 8 nitrogen and oxygen atoms in total. The summed E-state index contributed by atoms with van der Waals surface area (Å²) in [6.45, 7) is 14.1. The van der Waals surface area contributed by atoms with Crippen molar-refractivity contribution < 1.29 is 4.79 Å². The first kappa shape index (κ1) is 27.2. The standard InChI is InChI=1S/C32H47N7O/c1-5-29(40)30-31(33-26-11-9-24(10-12-26)25-15-20-37(21-16-25)27-13-14-27)35-32(34-30)38-18-6-8-28(22(38)2)39-19-7-17-36(4)23(39)3/h9-12,22,25,27-28,33H,3,5-8,13-21H2,1-2,4H3,(H,34,35)/t22-,28-/m1/s1. The van der Waals surface area contributed by atoms with Crippen LogP contribution < -0.4 is 10.2 Å². The summed E-state index contributed by atoms with van der Waals surface area (Å²) in [5.74, 6) is 3.25. The lowest BCUT2D eigenvalue weighted by atomic mass is 9.89. The Morgan fingerprint density at radius 3 is 2.42 bits per heavy atom. The summed E-state index contributed by atoms with van der Waals surface area (Å²) >= 11 is 0. The monoisotopic (exact) mass is 545 g/mol. The highest BCUT2D eigenvalue weighted by atomic mass is 16.1. The van der Waals surface area contributed by atoms with Gasteiger partial charge in [0.05, 0.1) is 11.9 Å². The molecule has 0 bridgehead atoms. The SMILES string of the molecule is C=C1N(C)CCCN1[C@@H]1CCCN(c2nc(Nc3ccc(C4CCN(C5CC5)CC4)cc3)c(C(=O)CC)[nH]2)[C@@H]1C. The first-order valence-corrected chi connectivity index (χ1v) is 15.6. The summed E-state index contributed by atoms with van der Waals surface area (Å²) in [7, 11) is 2.14. The van der Waals surface area contributed by atoms with Crippen LogP contribution in [-0.2, 0) is 0 Å². The Hall–Kier alpha value is -3.00. The topological polar surface area (TPSA) is 70.7 Å². The van der Waals surface area contributed by atoms with E-state index in [1.54, 1.807) is 0 Å². The molecule has 6 rings (SSSR count). The van der Waals surface area contributed by atoms with E-state index >= 15 is 0 Å². The zero-order chi connectivity index (χ0) is 27.8. The van der Waals surface area contributed by atoms with Crippen molar-refractivity contribution in [3.63, 3.8) is 0 Å². The van der Waals surface area contributed by atoms with Crippen molar-refractivity contribution in [2.75, 3.05) is 50.0 Å². The lowest BCUT2D eigenvalue weighted by Crippen LogP contribution is -2.57. The molecule has 2 atom stereocenters. The number of aromatic amines is 1. The smallest absolute Gasteiger partial charge is 0.205 e. The Kier molecular flexibility index (Phi) is 7.80. The number of hydrogen-bond acceptors (Lipinski definition) is 7. The van der Waals surface area contributed by atoms with Gasteiger partial charge in [0.25, 0.3) is 0 Å². The molecule has 0 spiro atoms. The number of nitrogens with one attached hydrogen (secondary N) is 2. The molecular weight excluding hydrogens is 498 g/mol. The second-order valence-electron chi connectivity index (χ2n) is 12.4. The maximum Gasteiger partial charge on any atom is 0.205 e. The third-order valence-corrected chi connectivity index (χ3v) is 9.81. The van der Waals surface area contributed by atoms with E-state index < -0.39 is 0 Å². The lowest BCUT2D eigenvalue weighted by molar-refractivity contribution is 0.0984. The Labute approximate surface area is 239 Å². The second-order valence-corrected chi connectivity index (χ2v) is 12.4. The average Bonchev–Trinajstić information content (AvgIpc) is 3.75. The minimum Gasteiger partial charge on any atom is -0.362 e. The summed E-state index contributed by atoms with van der Waals surface area (Å²) in [6, 6.07) is 10.3. The number of anilines is 3. The van der Waals surface area contributed by atoms with Crippen LogP contribution in [0.5, 0.6) is 0 Å². The van der Waals surface area contributed by atoms with E-state index in [0.717, 1.165) is 62.4 Å². The van der Waals surface area contributed by atoms with Gasteiger partial charge in [-0.2, -0.15) is 4.98 Å². The number of nitrogens with zero attached hydrogens (tertiary/aromatic N) is 5. The van der Waals surface area contributed by atoms with Crippen molar-refractivity contribution in [3.8, 4) is 0 Å². The summed E-state index contributed by atoms with van der Waals surface area (Å²) in [5.41, 5.74) is 2.97.